The maximum atomic E-state index is 14.7. The minimum Gasteiger partial charge on any atom is -0.335 e. The molecule has 2 aliphatic heterocycles. The molecule has 2 heterocycles. The Kier molecular flexibility index (Phi) is 5.75. The third kappa shape index (κ3) is 4.05. The van der Waals surface area contributed by atoms with E-state index in [1.165, 1.54) is 24.3 Å². The molecule has 0 radical (unpaired) electrons. The molecule has 0 aliphatic carbocycles. The second-order valence-corrected chi connectivity index (χ2v) is 8.53. The van der Waals surface area contributed by atoms with Gasteiger partial charge in [-0.3, -0.25) is 0 Å². The van der Waals surface area contributed by atoms with Crippen LogP contribution in [-0.4, -0.2) is 30.6 Å². The van der Waals surface area contributed by atoms with Gasteiger partial charge in [0.25, 0.3) is 0 Å². The second kappa shape index (κ2) is 8.83. The van der Waals surface area contributed by atoms with Crippen molar-refractivity contribution < 1.29 is 13.2 Å². The van der Waals surface area contributed by atoms with Crippen LogP contribution >= 0.6 is 0 Å². The van der Waals surface area contributed by atoms with Crippen molar-refractivity contribution in [2.75, 3.05) is 24.5 Å². The maximum absolute atomic E-state index is 14.7. The van der Waals surface area contributed by atoms with Gasteiger partial charge in [-0.1, -0.05) is 36.4 Å². The lowest BCUT2D eigenvalue weighted by atomic mass is 9.89. The van der Waals surface area contributed by atoms with E-state index >= 15 is 0 Å². The van der Waals surface area contributed by atoms with Crippen molar-refractivity contribution in [2.24, 2.45) is 0 Å². The van der Waals surface area contributed by atoms with Crippen LogP contribution in [0, 0.1) is 17.5 Å². The van der Waals surface area contributed by atoms with Crippen LogP contribution in [0.3, 0.4) is 0 Å². The number of rotatable bonds is 5. The van der Waals surface area contributed by atoms with Crippen LogP contribution in [0.4, 0.5) is 24.5 Å². The molecular formula is C27H25F3N2. The number of benzene rings is 3. The first-order valence-corrected chi connectivity index (χ1v) is 11.1. The number of hydrogen-bond acceptors (Lipinski definition) is 2. The zero-order valence-corrected chi connectivity index (χ0v) is 17.7. The standard InChI is InChI=1S/C27H25F3N2/c28-20-10-8-19(9-11-20)5-3-4-15-31-16-14-26-23(18-31)22-17-21(29)12-13-25(22)32(26)27-7-2-1-6-24(27)30/h1-3,5-13,17,23,26H,4,14-16,18H2/t23-,26+/m1/s1. The molecule has 0 bridgehead atoms. The molecule has 5 heteroatoms. The van der Waals surface area contributed by atoms with Gasteiger partial charge in [-0.05, 0) is 66.4 Å². The fourth-order valence-corrected chi connectivity index (χ4v) is 5.05. The molecule has 2 atom stereocenters. The number of anilines is 2. The van der Waals surface area contributed by atoms with Crippen molar-refractivity contribution >= 4 is 17.5 Å². The summed E-state index contributed by atoms with van der Waals surface area (Å²) in [5.41, 5.74) is 3.41. The average molecular weight is 435 g/mol. The number of piperidine rings is 1. The molecule has 0 unspecified atom stereocenters. The van der Waals surface area contributed by atoms with Crippen molar-refractivity contribution in [1.82, 2.24) is 4.90 Å². The summed E-state index contributed by atoms with van der Waals surface area (Å²) in [7, 11) is 0. The zero-order chi connectivity index (χ0) is 22.1. The number of halogens is 3. The molecule has 164 valence electrons. The fourth-order valence-electron chi connectivity index (χ4n) is 5.05. The van der Waals surface area contributed by atoms with Crippen LogP contribution in [0.2, 0.25) is 0 Å². The third-order valence-corrected chi connectivity index (χ3v) is 6.54. The smallest absolute Gasteiger partial charge is 0.146 e. The van der Waals surface area contributed by atoms with Gasteiger partial charge >= 0.3 is 0 Å². The first-order chi connectivity index (χ1) is 15.6. The van der Waals surface area contributed by atoms with Crippen molar-refractivity contribution in [2.45, 2.75) is 24.8 Å². The predicted octanol–water partition coefficient (Wildman–Crippen LogP) is 6.52. The highest BCUT2D eigenvalue weighted by molar-refractivity contribution is 5.73. The highest BCUT2D eigenvalue weighted by Gasteiger charge is 2.43. The zero-order valence-electron chi connectivity index (χ0n) is 17.7. The molecule has 0 amide bonds. The predicted molar refractivity (Wildman–Crippen MR) is 123 cm³/mol. The van der Waals surface area contributed by atoms with Gasteiger partial charge in [-0.25, -0.2) is 13.2 Å². The molecule has 0 spiro atoms. The Bertz CT molecular complexity index is 1130. The SMILES string of the molecule is Fc1ccc(C=CCCN2CC[C@H]3[C@H](C2)c2cc(F)ccc2N3c2ccccc2F)cc1. The summed E-state index contributed by atoms with van der Waals surface area (Å²) in [6.07, 6.45) is 5.87. The average Bonchev–Trinajstić information content (AvgIpc) is 3.11. The molecule has 1 saturated heterocycles. The summed E-state index contributed by atoms with van der Waals surface area (Å²) in [6, 6.07) is 18.2. The van der Waals surface area contributed by atoms with Gasteiger partial charge < -0.3 is 9.80 Å². The van der Waals surface area contributed by atoms with Crippen LogP contribution in [0.1, 0.15) is 29.9 Å². The molecule has 5 rings (SSSR count). The molecule has 3 aromatic carbocycles. The van der Waals surface area contributed by atoms with Crippen LogP contribution in [0.25, 0.3) is 6.08 Å². The van der Waals surface area contributed by atoms with Gasteiger partial charge in [-0.2, -0.15) is 0 Å². The van der Waals surface area contributed by atoms with Crippen molar-refractivity contribution in [3.63, 3.8) is 0 Å². The number of para-hydroxylation sites is 1. The largest absolute Gasteiger partial charge is 0.335 e. The van der Waals surface area contributed by atoms with Crippen molar-refractivity contribution in [1.29, 1.82) is 0 Å². The Morgan fingerprint density at radius 2 is 1.66 bits per heavy atom. The van der Waals surface area contributed by atoms with Crippen molar-refractivity contribution in [3.8, 4) is 0 Å². The lowest BCUT2D eigenvalue weighted by Gasteiger charge is -2.39. The van der Waals surface area contributed by atoms with Crippen LogP contribution in [0.5, 0.6) is 0 Å². The Balaban J connectivity index is 1.31. The van der Waals surface area contributed by atoms with Gasteiger partial charge in [0.1, 0.15) is 17.5 Å². The summed E-state index contributed by atoms with van der Waals surface area (Å²) in [5, 5.41) is 0. The number of fused-ring (bicyclic) bond motifs is 3. The van der Waals surface area contributed by atoms with E-state index in [0.717, 1.165) is 49.3 Å². The Labute approximate surface area is 186 Å². The van der Waals surface area contributed by atoms with E-state index in [2.05, 4.69) is 15.9 Å². The van der Waals surface area contributed by atoms with Crippen LogP contribution in [-0.2, 0) is 0 Å². The third-order valence-electron chi connectivity index (χ3n) is 6.54. The monoisotopic (exact) mass is 434 g/mol. The highest BCUT2D eigenvalue weighted by atomic mass is 19.1. The fraction of sp³-hybridized carbons (Fsp3) is 0.259. The molecule has 2 aliphatic rings. The van der Waals surface area contributed by atoms with Gasteiger partial charge in [-0.15, -0.1) is 0 Å². The minimum absolute atomic E-state index is 0.120. The highest BCUT2D eigenvalue weighted by Crippen LogP contribution is 2.49. The first-order valence-electron chi connectivity index (χ1n) is 11.1. The van der Waals surface area contributed by atoms with E-state index in [1.54, 1.807) is 36.4 Å². The number of likely N-dealkylation sites (tertiary alicyclic amines) is 1. The van der Waals surface area contributed by atoms with Gasteiger partial charge in [0.2, 0.25) is 0 Å². The van der Waals surface area contributed by atoms with E-state index in [1.807, 2.05) is 12.1 Å². The number of nitrogens with zero attached hydrogens (tertiary/aromatic N) is 2. The van der Waals surface area contributed by atoms with E-state index < -0.39 is 0 Å². The summed E-state index contributed by atoms with van der Waals surface area (Å²) < 4.78 is 41.8. The molecule has 32 heavy (non-hydrogen) atoms. The van der Waals surface area contributed by atoms with E-state index in [-0.39, 0.29) is 29.4 Å². The Hall–Kier alpha value is -3.05. The minimum atomic E-state index is -0.253. The van der Waals surface area contributed by atoms with Crippen LogP contribution < -0.4 is 4.90 Å². The molecule has 2 nitrogen and oxygen atoms in total. The van der Waals surface area contributed by atoms with Gasteiger partial charge in [0, 0.05) is 37.3 Å². The maximum Gasteiger partial charge on any atom is 0.146 e. The molecule has 0 N–H and O–H groups in total. The van der Waals surface area contributed by atoms with E-state index in [4.69, 9.17) is 0 Å². The van der Waals surface area contributed by atoms with E-state index in [9.17, 15) is 13.2 Å². The summed E-state index contributed by atoms with van der Waals surface area (Å²) in [4.78, 5) is 4.47. The lowest BCUT2D eigenvalue weighted by molar-refractivity contribution is 0.199. The number of hydrogen-bond donors (Lipinski definition) is 0. The van der Waals surface area contributed by atoms with Crippen LogP contribution in [0.15, 0.2) is 72.8 Å². The normalized spacial score (nSPS) is 20.5. The molecule has 3 aromatic rings. The second-order valence-electron chi connectivity index (χ2n) is 8.53. The molecular weight excluding hydrogens is 409 g/mol. The quantitative estimate of drug-likeness (QED) is 0.451. The molecule has 1 fully saturated rings. The first kappa shape index (κ1) is 20.8. The summed E-state index contributed by atoms with van der Waals surface area (Å²) in [6.45, 7) is 2.62. The Morgan fingerprint density at radius 3 is 2.47 bits per heavy atom. The molecule has 0 saturated carbocycles. The van der Waals surface area contributed by atoms with Gasteiger partial charge in [0.05, 0.1) is 5.69 Å². The van der Waals surface area contributed by atoms with E-state index in [0.29, 0.717) is 5.69 Å². The topological polar surface area (TPSA) is 6.48 Å². The summed E-state index contributed by atoms with van der Waals surface area (Å²) in [5.74, 6) is -0.605. The molecule has 0 aromatic heterocycles. The summed E-state index contributed by atoms with van der Waals surface area (Å²) >= 11 is 0. The van der Waals surface area contributed by atoms with Crippen molar-refractivity contribution in [3.05, 3.63) is 101 Å². The van der Waals surface area contributed by atoms with Gasteiger partial charge in [0.15, 0.2) is 0 Å². The lowest BCUT2D eigenvalue weighted by Crippen LogP contribution is -2.45. The Morgan fingerprint density at radius 1 is 0.875 bits per heavy atom.